The standard InChI is InChI=1S/C24H25NO2/c1-3-20-13-9-10-18(2)23(20)25-24(26)21-14-7-8-15-22(21)27-17-16-19-11-5-4-6-12-19/h4-15H,3,16-17H2,1-2H3,(H,25,26). The van der Waals surface area contributed by atoms with E-state index in [9.17, 15) is 4.79 Å². The van der Waals surface area contributed by atoms with E-state index in [1.807, 2.05) is 61.5 Å². The molecule has 0 atom stereocenters. The number of hydrogen-bond acceptors (Lipinski definition) is 2. The summed E-state index contributed by atoms with van der Waals surface area (Å²) < 4.78 is 5.93. The van der Waals surface area contributed by atoms with Crippen molar-refractivity contribution in [3.8, 4) is 5.75 Å². The molecule has 0 aliphatic rings. The lowest BCUT2D eigenvalue weighted by atomic mass is 10.1. The molecule has 0 saturated heterocycles. The molecule has 3 heteroatoms. The van der Waals surface area contributed by atoms with Crippen LogP contribution in [0.3, 0.4) is 0 Å². The summed E-state index contributed by atoms with van der Waals surface area (Å²) in [5, 5.41) is 3.08. The number of anilines is 1. The van der Waals surface area contributed by atoms with E-state index in [4.69, 9.17) is 4.74 Å². The van der Waals surface area contributed by atoms with Gasteiger partial charge in [0, 0.05) is 12.1 Å². The Morgan fingerprint density at radius 3 is 2.44 bits per heavy atom. The number of rotatable bonds is 7. The summed E-state index contributed by atoms with van der Waals surface area (Å²) in [5.74, 6) is 0.465. The van der Waals surface area contributed by atoms with Crippen LogP contribution in [0.15, 0.2) is 72.8 Å². The number of amides is 1. The van der Waals surface area contributed by atoms with Crippen LogP contribution in [0.5, 0.6) is 5.75 Å². The van der Waals surface area contributed by atoms with E-state index in [0.717, 1.165) is 29.7 Å². The van der Waals surface area contributed by atoms with E-state index < -0.39 is 0 Å². The zero-order valence-corrected chi connectivity index (χ0v) is 15.9. The molecule has 1 amide bonds. The van der Waals surface area contributed by atoms with Crippen molar-refractivity contribution >= 4 is 11.6 Å². The first-order valence-corrected chi connectivity index (χ1v) is 9.34. The van der Waals surface area contributed by atoms with E-state index in [0.29, 0.717) is 17.9 Å². The van der Waals surface area contributed by atoms with Gasteiger partial charge >= 0.3 is 0 Å². The van der Waals surface area contributed by atoms with Gasteiger partial charge in [-0.25, -0.2) is 0 Å². The number of benzene rings is 3. The third-order valence-electron chi connectivity index (χ3n) is 4.60. The lowest BCUT2D eigenvalue weighted by Gasteiger charge is -2.15. The van der Waals surface area contributed by atoms with Crippen LogP contribution in [0, 0.1) is 6.92 Å². The minimum Gasteiger partial charge on any atom is -0.492 e. The molecule has 138 valence electrons. The minimum absolute atomic E-state index is 0.144. The minimum atomic E-state index is -0.144. The Labute approximate surface area is 161 Å². The molecule has 0 aliphatic heterocycles. The molecular formula is C24H25NO2. The molecule has 3 aromatic rings. The van der Waals surface area contributed by atoms with Crippen molar-refractivity contribution in [3.63, 3.8) is 0 Å². The SMILES string of the molecule is CCc1cccc(C)c1NC(=O)c1ccccc1OCCc1ccccc1. The number of aryl methyl sites for hydroxylation is 2. The summed E-state index contributed by atoms with van der Waals surface area (Å²) in [4.78, 5) is 12.9. The van der Waals surface area contributed by atoms with Crippen LogP contribution < -0.4 is 10.1 Å². The highest BCUT2D eigenvalue weighted by molar-refractivity contribution is 6.06. The Hall–Kier alpha value is -3.07. The van der Waals surface area contributed by atoms with Crippen molar-refractivity contribution in [2.24, 2.45) is 0 Å². The maximum absolute atomic E-state index is 12.9. The fourth-order valence-electron chi connectivity index (χ4n) is 3.09. The molecule has 0 aliphatic carbocycles. The van der Waals surface area contributed by atoms with Gasteiger partial charge in [0.15, 0.2) is 0 Å². The van der Waals surface area contributed by atoms with Crippen LogP contribution in [-0.2, 0) is 12.8 Å². The summed E-state index contributed by atoms with van der Waals surface area (Å²) in [6, 6.07) is 23.7. The van der Waals surface area contributed by atoms with Crippen molar-refractivity contribution < 1.29 is 9.53 Å². The lowest BCUT2D eigenvalue weighted by molar-refractivity contribution is 0.102. The monoisotopic (exact) mass is 359 g/mol. The van der Waals surface area contributed by atoms with Crippen LogP contribution in [0.2, 0.25) is 0 Å². The normalized spacial score (nSPS) is 10.4. The van der Waals surface area contributed by atoms with Crippen LogP contribution in [0.1, 0.15) is 34.0 Å². The van der Waals surface area contributed by atoms with Gasteiger partial charge in [0.25, 0.3) is 5.91 Å². The zero-order valence-electron chi connectivity index (χ0n) is 15.9. The quantitative estimate of drug-likeness (QED) is 0.611. The van der Waals surface area contributed by atoms with Crippen molar-refractivity contribution in [1.29, 1.82) is 0 Å². The summed E-state index contributed by atoms with van der Waals surface area (Å²) in [5.41, 5.74) is 4.85. The Morgan fingerprint density at radius 1 is 0.926 bits per heavy atom. The molecule has 0 radical (unpaired) electrons. The van der Waals surface area contributed by atoms with Gasteiger partial charge in [-0.15, -0.1) is 0 Å². The number of ether oxygens (including phenoxy) is 1. The number of para-hydroxylation sites is 2. The maximum atomic E-state index is 12.9. The molecule has 3 nitrogen and oxygen atoms in total. The Balaban J connectivity index is 1.72. The predicted octanol–water partition coefficient (Wildman–Crippen LogP) is 5.43. The van der Waals surface area contributed by atoms with Gasteiger partial charge < -0.3 is 10.1 Å². The molecular weight excluding hydrogens is 334 g/mol. The van der Waals surface area contributed by atoms with Crippen LogP contribution in [0.4, 0.5) is 5.69 Å². The van der Waals surface area contributed by atoms with Gasteiger partial charge in [-0.1, -0.05) is 67.6 Å². The van der Waals surface area contributed by atoms with Gasteiger partial charge in [-0.05, 0) is 42.2 Å². The van der Waals surface area contributed by atoms with Crippen molar-refractivity contribution in [1.82, 2.24) is 0 Å². The molecule has 0 saturated carbocycles. The Bertz CT molecular complexity index is 903. The molecule has 0 spiro atoms. The second-order valence-electron chi connectivity index (χ2n) is 6.50. The molecule has 0 bridgehead atoms. The fourth-order valence-corrected chi connectivity index (χ4v) is 3.09. The average Bonchev–Trinajstić information content (AvgIpc) is 2.70. The second-order valence-corrected chi connectivity index (χ2v) is 6.50. The Kier molecular flexibility index (Phi) is 6.26. The molecule has 3 rings (SSSR count). The van der Waals surface area contributed by atoms with Crippen LogP contribution in [-0.4, -0.2) is 12.5 Å². The van der Waals surface area contributed by atoms with E-state index >= 15 is 0 Å². The number of carbonyl (C=O) groups excluding carboxylic acids is 1. The number of nitrogens with one attached hydrogen (secondary N) is 1. The molecule has 0 unspecified atom stereocenters. The molecule has 0 aromatic heterocycles. The van der Waals surface area contributed by atoms with Crippen molar-refractivity contribution in [3.05, 3.63) is 95.1 Å². The van der Waals surface area contributed by atoms with Gasteiger partial charge in [0.2, 0.25) is 0 Å². The van der Waals surface area contributed by atoms with E-state index in [-0.39, 0.29) is 5.91 Å². The van der Waals surface area contributed by atoms with Gasteiger partial charge in [0.05, 0.1) is 12.2 Å². The second kappa shape index (κ2) is 9.04. The van der Waals surface area contributed by atoms with Gasteiger partial charge in [-0.3, -0.25) is 4.79 Å². The Morgan fingerprint density at radius 2 is 1.67 bits per heavy atom. The highest BCUT2D eigenvalue weighted by atomic mass is 16.5. The fraction of sp³-hybridized carbons (Fsp3) is 0.208. The van der Waals surface area contributed by atoms with Crippen LogP contribution in [0.25, 0.3) is 0 Å². The molecule has 27 heavy (non-hydrogen) atoms. The topological polar surface area (TPSA) is 38.3 Å². The summed E-state index contributed by atoms with van der Waals surface area (Å²) in [7, 11) is 0. The first kappa shape index (κ1) is 18.7. The van der Waals surface area contributed by atoms with Gasteiger partial charge in [-0.2, -0.15) is 0 Å². The zero-order chi connectivity index (χ0) is 19.1. The maximum Gasteiger partial charge on any atom is 0.259 e. The van der Waals surface area contributed by atoms with E-state index in [1.54, 1.807) is 6.07 Å². The third-order valence-corrected chi connectivity index (χ3v) is 4.60. The van der Waals surface area contributed by atoms with Crippen molar-refractivity contribution in [2.75, 3.05) is 11.9 Å². The summed E-state index contributed by atoms with van der Waals surface area (Å²) in [6.45, 7) is 4.63. The molecule has 3 aromatic carbocycles. The predicted molar refractivity (Wildman–Crippen MR) is 111 cm³/mol. The highest BCUT2D eigenvalue weighted by Crippen LogP contribution is 2.24. The van der Waals surface area contributed by atoms with Crippen LogP contribution >= 0.6 is 0 Å². The number of carbonyl (C=O) groups is 1. The summed E-state index contributed by atoms with van der Waals surface area (Å²) >= 11 is 0. The van der Waals surface area contributed by atoms with E-state index in [2.05, 4.69) is 24.4 Å². The first-order valence-electron chi connectivity index (χ1n) is 9.34. The molecule has 0 fully saturated rings. The largest absolute Gasteiger partial charge is 0.492 e. The molecule has 0 heterocycles. The lowest BCUT2D eigenvalue weighted by Crippen LogP contribution is -2.16. The van der Waals surface area contributed by atoms with E-state index in [1.165, 1.54) is 5.56 Å². The average molecular weight is 359 g/mol. The third kappa shape index (κ3) is 4.76. The number of hydrogen-bond donors (Lipinski definition) is 1. The summed E-state index contributed by atoms with van der Waals surface area (Å²) in [6.07, 6.45) is 1.67. The van der Waals surface area contributed by atoms with Gasteiger partial charge in [0.1, 0.15) is 5.75 Å². The highest BCUT2D eigenvalue weighted by Gasteiger charge is 2.15. The van der Waals surface area contributed by atoms with Crippen molar-refractivity contribution in [2.45, 2.75) is 26.7 Å². The smallest absolute Gasteiger partial charge is 0.259 e. The molecule has 1 N–H and O–H groups in total. The first-order chi connectivity index (χ1) is 13.2.